The van der Waals surface area contributed by atoms with Crippen molar-refractivity contribution in [2.75, 3.05) is 11.5 Å². The summed E-state index contributed by atoms with van der Waals surface area (Å²) >= 11 is 6.54. The predicted molar refractivity (Wildman–Crippen MR) is 164 cm³/mol. The molecule has 0 spiro atoms. The van der Waals surface area contributed by atoms with E-state index in [1.807, 2.05) is 46.8 Å². The number of hydrogen-bond acceptors (Lipinski definition) is 8. The van der Waals surface area contributed by atoms with Crippen LogP contribution in [0.5, 0.6) is 0 Å². The summed E-state index contributed by atoms with van der Waals surface area (Å²) in [6.07, 6.45) is 1.86. The van der Waals surface area contributed by atoms with Gasteiger partial charge in [-0.1, -0.05) is 33.6 Å². The van der Waals surface area contributed by atoms with E-state index in [0.717, 1.165) is 31.4 Å². The first-order chi connectivity index (χ1) is 19.4. The van der Waals surface area contributed by atoms with Crippen LogP contribution in [0.1, 0.15) is 92.9 Å². The summed E-state index contributed by atoms with van der Waals surface area (Å²) in [5.74, 6) is -0.341. The molecule has 10 nitrogen and oxygen atoms in total. The smallest absolute Gasteiger partial charge is 0.416 e. The number of nitrogens with zero attached hydrogens (tertiary/aromatic N) is 4. The first-order valence-corrected chi connectivity index (χ1v) is 18.4. The molecule has 0 bridgehead atoms. The van der Waals surface area contributed by atoms with E-state index in [2.05, 4.69) is 43.9 Å². The van der Waals surface area contributed by atoms with Gasteiger partial charge in [0.2, 0.25) is 5.28 Å². The van der Waals surface area contributed by atoms with Gasteiger partial charge in [-0.15, -0.1) is 5.10 Å². The van der Waals surface area contributed by atoms with Crippen LogP contribution in [0.2, 0.25) is 23.4 Å². The fourth-order valence-electron chi connectivity index (χ4n) is 5.81. The number of hydrogen-bond donors (Lipinski definition) is 0. The Hall–Kier alpha value is -1.76. The molecule has 0 N–H and O–H groups in total. The highest BCUT2D eigenvalue weighted by Crippen LogP contribution is 2.47. The molecule has 4 atom stereocenters. The van der Waals surface area contributed by atoms with E-state index >= 15 is 0 Å². The number of rotatable bonds is 6. The quantitative estimate of drug-likeness (QED) is 0.316. The van der Waals surface area contributed by atoms with E-state index in [1.165, 1.54) is 0 Å². The maximum Gasteiger partial charge on any atom is 0.416 e. The van der Waals surface area contributed by atoms with E-state index in [-0.39, 0.29) is 34.7 Å². The standard InChI is InChI=1S/C30H47ClN4O6Si/c1-28(2,3)41-27(36)34(18-13-11-12-14-18)25-20-16-15-19(35(20)33-26(31)32-25)22-24-23(39-30(7,8)40-24)21(38-22)17-37-42(9,10)29(4,5)6/h15-16,18,21-24H,11-14,17H2,1-10H3/t21-,22?,23-,24+/m1/s1. The van der Waals surface area contributed by atoms with Crippen LogP contribution in [0.25, 0.3) is 5.52 Å². The Balaban J connectivity index is 1.51. The number of aromatic nitrogens is 3. The Kier molecular flexibility index (Phi) is 8.29. The van der Waals surface area contributed by atoms with E-state index in [4.69, 9.17) is 35.0 Å². The third-order valence-electron chi connectivity index (χ3n) is 8.86. The molecule has 234 valence electrons. The monoisotopic (exact) mass is 622 g/mol. The fraction of sp³-hybridized carbons (Fsp3) is 0.767. The molecule has 5 rings (SSSR count). The van der Waals surface area contributed by atoms with Gasteiger partial charge < -0.3 is 23.4 Å². The highest BCUT2D eigenvalue weighted by Gasteiger charge is 2.57. The molecular weight excluding hydrogens is 576 g/mol. The highest BCUT2D eigenvalue weighted by atomic mass is 35.5. The number of fused-ring (bicyclic) bond motifs is 2. The van der Waals surface area contributed by atoms with E-state index in [1.54, 1.807) is 9.42 Å². The van der Waals surface area contributed by atoms with Crippen molar-refractivity contribution in [3.8, 4) is 0 Å². The molecule has 1 amide bonds. The van der Waals surface area contributed by atoms with Gasteiger partial charge in [0.15, 0.2) is 19.9 Å². The zero-order chi connectivity index (χ0) is 30.8. The third kappa shape index (κ3) is 6.23. The van der Waals surface area contributed by atoms with Gasteiger partial charge in [-0.2, -0.15) is 4.98 Å². The molecule has 42 heavy (non-hydrogen) atoms. The second-order valence-corrected chi connectivity index (χ2v) is 19.9. The van der Waals surface area contributed by atoms with Gasteiger partial charge in [0, 0.05) is 6.04 Å². The zero-order valence-electron chi connectivity index (χ0n) is 26.7. The van der Waals surface area contributed by atoms with Gasteiger partial charge in [-0.25, -0.2) is 9.31 Å². The molecular formula is C30H47ClN4O6Si. The van der Waals surface area contributed by atoms with Crippen LogP contribution in [-0.2, 0) is 23.4 Å². The zero-order valence-corrected chi connectivity index (χ0v) is 28.4. The van der Waals surface area contributed by atoms with Crippen molar-refractivity contribution >= 4 is 37.3 Å². The minimum absolute atomic E-state index is 0.0257. The maximum atomic E-state index is 13.6. The summed E-state index contributed by atoms with van der Waals surface area (Å²) < 4.78 is 33.5. The Labute approximate surface area is 255 Å². The number of carbonyl (C=O) groups excluding carboxylic acids is 1. The number of anilines is 1. The third-order valence-corrected chi connectivity index (χ3v) is 13.5. The molecule has 0 aromatic carbocycles. The fourth-order valence-corrected chi connectivity index (χ4v) is 6.98. The van der Waals surface area contributed by atoms with Crippen LogP contribution >= 0.6 is 11.6 Å². The lowest BCUT2D eigenvalue weighted by molar-refractivity contribution is -0.191. The topological polar surface area (TPSA) is 96.7 Å². The second kappa shape index (κ2) is 11.0. The van der Waals surface area contributed by atoms with E-state index < -0.39 is 31.9 Å². The van der Waals surface area contributed by atoms with Crippen molar-refractivity contribution in [1.29, 1.82) is 0 Å². The van der Waals surface area contributed by atoms with Crippen LogP contribution in [0, 0.1) is 0 Å². The van der Waals surface area contributed by atoms with Crippen LogP contribution in [0.3, 0.4) is 0 Å². The molecule has 2 aliphatic heterocycles. The van der Waals surface area contributed by atoms with Crippen LogP contribution < -0.4 is 4.90 Å². The lowest BCUT2D eigenvalue weighted by Gasteiger charge is -2.37. The van der Waals surface area contributed by atoms with E-state index in [0.29, 0.717) is 17.9 Å². The molecule has 1 unspecified atom stereocenters. The SMILES string of the molecule is CC(C)(C)OC(=O)N(c1nc(Cl)nn2c(C3O[C@H](CO[Si](C)(C)C(C)(C)C)[C@H]4OC(C)(C)O[C@@H]34)ccc12)C1CCCC1. The first kappa shape index (κ1) is 31.7. The maximum absolute atomic E-state index is 13.6. The first-order valence-electron chi connectivity index (χ1n) is 15.1. The van der Waals surface area contributed by atoms with Gasteiger partial charge in [-0.05, 0) is 89.3 Å². The number of carbonyl (C=O) groups is 1. The summed E-state index contributed by atoms with van der Waals surface area (Å²) in [4.78, 5) is 19.8. The Morgan fingerprint density at radius 3 is 2.38 bits per heavy atom. The summed E-state index contributed by atoms with van der Waals surface area (Å²) in [5.41, 5.74) is 0.735. The van der Waals surface area contributed by atoms with Crippen LogP contribution in [0.4, 0.5) is 10.6 Å². The van der Waals surface area contributed by atoms with Crippen molar-refractivity contribution in [3.05, 3.63) is 23.1 Å². The Morgan fingerprint density at radius 2 is 1.76 bits per heavy atom. The van der Waals surface area contributed by atoms with Crippen molar-refractivity contribution in [1.82, 2.24) is 14.6 Å². The van der Waals surface area contributed by atoms with Crippen molar-refractivity contribution in [2.24, 2.45) is 0 Å². The average Bonchev–Trinajstić information content (AvgIpc) is 3.60. The molecule has 2 aromatic rings. The Morgan fingerprint density at radius 1 is 1.12 bits per heavy atom. The predicted octanol–water partition coefficient (Wildman–Crippen LogP) is 7.05. The Bertz CT molecular complexity index is 1310. The minimum Gasteiger partial charge on any atom is -0.443 e. The second-order valence-electron chi connectivity index (χ2n) is 14.8. The molecule has 3 aliphatic rings. The summed E-state index contributed by atoms with van der Waals surface area (Å²) in [6.45, 7) is 21.0. The van der Waals surface area contributed by atoms with Gasteiger partial charge in [0.1, 0.15) is 35.5 Å². The minimum atomic E-state index is -2.02. The van der Waals surface area contributed by atoms with Gasteiger partial charge in [0.05, 0.1) is 12.3 Å². The van der Waals surface area contributed by atoms with Gasteiger partial charge in [0.25, 0.3) is 0 Å². The molecule has 1 saturated carbocycles. The van der Waals surface area contributed by atoms with Crippen molar-refractivity contribution in [3.63, 3.8) is 0 Å². The van der Waals surface area contributed by atoms with Gasteiger partial charge in [-0.3, -0.25) is 4.90 Å². The molecule has 3 fully saturated rings. The molecule has 2 saturated heterocycles. The molecule has 1 aliphatic carbocycles. The number of ether oxygens (including phenoxy) is 4. The van der Waals surface area contributed by atoms with Crippen molar-refractivity contribution < 1.29 is 28.2 Å². The average molecular weight is 623 g/mol. The molecule has 0 radical (unpaired) electrons. The lowest BCUT2D eigenvalue weighted by Crippen LogP contribution is -2.44. The summed E-state index contributed by atoms with van der Waals surface area (Å²) in [6, 6.07) is 3.81. The summed E-state index contributed by atoms with van der Waals surface area (Å²) in [7, 11) is -2.02. The van der Waals surface area contributed by atoms with Crippen LogP contribution in [-0.4, -0.2) is 71.4 Å². The molecule has 2 aromatic heterocycles. The highest BCUT2D eigenvalue weighted by molar-refractivity contribution is 6.74. The lowest BCUT2D eigenvalue weighted by atomic mass is 10.1. The summed E-state index contributed by atoms with van der Waals surface area (Å²) in [5, 5.41) is 4.66. The van der Waals surface area contributed by atoms with Gasteiger partial charge >= 0.3 is 6.09 Å². The number of halogens is 1. The molecule has 4 heterocycles. The van der Waals surface area contributed by atoms with E-state index in [9.17, 15) is 4.79 Å². The number of amides is 1. The largest absolute Gasteiger partial charge is 0.443 e. The van der Waals surface area contributed by atoms with Crippen LogP contribution in [0.15, 0.2) is 12.1 Å². The molecule has 12 heteroatoms. The normalized spacial score (nSPS) is 26.6. The van der Waals surface area contributed by atoms with Crippen molar-refractivity contribution in [2.45, 2.75) is 141 Å².